The van der Waals surface area contributed by atoms with Crippen LogP contribution in [0.5, 0.6) is 0 Å². The number of hydrogen-bond acceptors (Lipinski definition) is 4. The number of halogens is 3. The lowest BCUT2D eigenvalue weighted by Gasteiger charge is -2.41. The van der Waals surface area contributed by atoms with Gasteiger partial charge in [-0.3, -0.25) is 19.4 Å². The largest absolute Gasteiger partial charge is 0.327 e. The Labute approximate surface area is 207 Å². The van der Waals surface area contributed by atoms with Crippen molar-refractivity contribution in [3.8, 4) is 11.3 Å². The Morgan fingerprint density at radius 2 is 1.81 bits per heavy atom. The van der Waals surface area contributed by atoms with Crippen molar-refractivity contribution in [2.24, 2.45) is 7.05 Å². The van der Waals surface area contributed by atoms with Gasteiger partial charge in [-0.1, -0.05) is 13.8 Å². The molecule has 0 bridgehead atoms. The fraction of sp³-hybridized carbons (Fsp3) is 0.308. The molecule has 2 aromatic heterocycles. The van der Waals surface area contributed by atoms with Gasteiger partial charge in [-0.15, -0.1) is 0 Å². The van der Waals surface area contributed by atoms with Crippen molar-refractivity contribution < 1.29 is 18.0 Å². The van der Waals surface area contributed by atoms with Gasteiger partial charge >= 0.3 is 0 Å². The number of benzene rings is 2. The minimum atomic E-state index is -1.50. The zero-order valence-electron chi connectivity index (χ0n) is 20.5. The Balaban J connectivity index is 1.59. The maximum absolute atomic E-state index is 14.1. The van der Waals surface area contributed by atoms with E-state index in [1.807, 2.05) is 26.6 Å². The van der Waals surface area contributed by atoms with E-state index in [-0.39, 0.29) is 23.6 Å². The van der Waals surface area contributed by atoms with Crippen LogP contribution in [0.4, 0.5) is 13.2 Å². The molecule has 1 aliphatic heterocycles. The van der Waals surface area contributed by atoms with E-state index in [0.717, 1.165) is 28.8 Å². The van der Waals surface area contributed by atoms with E-state index in [0.29, 0.717) is 41.7 Å². The van der Waals surface area contributed by atoms with E-state index >= 15 is 0 Å². The molecular weight excluding hydrogens is 466 g/mol. The number of aromatic nitrogens is 4. The molecule has 0 radical (unpaired) electrons. The third kappa shape index (κ3) is 3.84. The monoisotopic (exact) mass is 491 g/mol. The minimum absolute atomic E-state index is 0.130. The average Bonchev–Trinajstić information content (AvgIpc) is 3.20. The molecule has 0 saturated carbocycles. The molecule has 184 valence electrons. The normalized spacial score (nSPS) is 17.4. The Morgan fingerprint density at radius 1 is 1.08 bits per heavy atom. The zero-order valence-corrected chi connectivity index (χ0v) is 20.5. The highest BCUT2D eigenvalue weighted by Gasteiger charge is 2.40. The summed E-state index contributed by atoms with van der Waals surface area (Å²) in [5, 5.41) is 4.68. The molecule has 10 heteroatoms. The van der Waals surface area contributed by atoms with Gasteiger partial charge in [0.15, 0.2) is 25.3 Å². The molecule has 1 aliphatic rings. The average molecular weight is 491 g/mol. The highest BCUT2D eigenvalue weighted by atomic mass is 19.2. The maximum Gasteiger partial charge on any atom is 0.254 e. The van der Waals surface area contributed by atoms with E-state index in [2.05, 4.69) is 15.1 Å². The molecule has 6 nitrogen and oxygen atoms in total. The Hall–Kier alpha value is -3.69. The van der Waals surface area contributed by atoms with Crippen LogP contribution in [-0.2, 0) is 13.5 Å². The van der Waals surface area contributed by atoms with Crippen LogP contribution in [0.1, 0.15) is 54.3 Å². The fourth-order valence-electron chi connectivity index (χ4n) is 5.25. The molecule has 1 amide bonds. The first-order chi connectivity index (χ1) is 17.2. The predicted octanol–water partition coefficient (Wildman–Crippen LogP) is 3.63. The van der Waals surface area contributed by atoms with Crippen LogP contribution < -0.4 is 5.59 Å². The van der Waals surface area contributed by atoms with Crippen molar-refractivity contribution in [2.45, 2.75) is 45.2 Å². The summed E-state index contributed by atoms with van der Waals surface area (Å²) in [6, 6.07) is 6.82. The van der Waals surface area contributed by atoms with Gasteiger partial charge in [0.1, 0.15) is 0 Å². The van der Waals surface area contributed by atoms with Crippen LogP contribution in [0.15, 0.2) is 36.5 Å². The third-order valence-corrected chi connectivity index (χ3v) is 6.92. The molecule has 0 saturated heterocycles. The van der Waals surface area contributed by atoms with Gasteiger partial charge < -0.3 is 4.90 Å². The lowest BCUT2D eigenvalue weighted by atomic mass is 9.87. The second-order valence-corrected chi connectivity index (χ2v) is 9.21. The number of fused-ring (bicyclic) bond motifs is 2. The first kappa shape index (κ1) is 24.0. The highest BCUT2D eigenvalue weighted by molar-refractivity contribution is 6.30. The SMILES string of the molecule is Bc1cnc2cc(C(=O)N3C(CC)Cc4c(nn(C)c4-c4cc(F)c(F)c(F)c4)C3CC)ccc2n1. The van der Waals surface area contributed by atoms with Gasteiger partial charge in [0, 0.05) is 41.6 Å². The van der Waals surface area contributed by atoms with E-state index in [1.54, 1.807) is 36.1 Å². The van der Waals surface area contributed by atoms with E-state index < -0.39 is 17.5 Å². The highest BCUT2D eigenvalue weighted by Crippen LogP contribution is 2.41. The van der Waals surface area contributed by atoms with Crippen molar-refractivity contribution >= 4 is 30.4 Å². The fourth-order valence-corrected chi connectivity index (χ4v) is 5.25. The van der Waals surface area contributed by atoms with Crippen LogP contribution in [0.2, 0.25) is 0 Å². The molecule has 2 atom stereocenters. The summed E-state index contributed by atoms with van der Waals surface area (Å²) in [6.45, 7) is 3.98. The molecule has 5 rings (SSSR count). The molecule has 4 aromatic rings. The number of rotatable bonds is 4. The Bertz CT molecular complexity index is 1480. The van der Waals surface area contributed by atoms with Gasteiger partial charge in [-0.25, -0.2) is 13.2 Å². The number of hydrogen-bond donors (Lipinski definition) is 0. The van der Waals surface area contributed by atoms with Gasteiger partial charge in [0.25, 0.3) is 5.91 Å². The van der Waals surface area contributed by atoms with Crippen molar-refractivity contribution in [1.29, 1.82) is 0 Å². The lowest BCUT2D eigenvalue weighted by Crippen LogP contribution is -2.47. The molecule has 36 heavy (non-hydrogen) atoms. The maximum atomic E-state index is 14.1. The van der Waals surface area contributed by atoms with Crippen LogP contribution in [0.3, 0.4) is 0 Å². The van der Waals surface area contributed by atoms with Crippen LogP contribution in [0, 0.1) is 17.5 Å². The molecule has 0 N–H and O–H groups in total. The standard InChI is InChI=1S/C26H25BF3N5O/c1-4-15-11-16-24(33-34(3)25(16)14-8-17(28)23(30)18(29)9-14)21(5-2)35(15)26(36)13-6-7-19-20(10-13)31-12-22(27)32-19/h6-10,12,15,21H,4-5,11,27H2,1-3H3. The second-order valence-electron chi connectivity index (χ2n) is 9.21. The topological polar surface area (TPSA) is 63.9 Å². The third-order valence-electron chi connectivity index (χ3n) is 6.92. The van der Waals surface area contributed by atoms with Crippen molar-refractivity contribution in [1.82, 2.24) is 24.6 Å². The summed E-state index contributed by atoms with van der Waals surface area (Å²) in [5.41, 5.74) is 4.94. The number of aryl methyl sites for hydroxylation is 1. The lowest BCUT2D eigenvalue weighted by molar-refractivity contribution is 0.0513. The number of carbonyl (C=O) groups is 1. The van der Waals surface area contributed by atoms with Gasteiger partial charge in [0.05, 0.1) is 28.5 Å². The van der Waals surface area contributed by atoms with Gasteiger partial charge in [-0.2, -0.15) is 5.10 Å². The molecule has 2 unspecified atom stereocenters. The van der Waals surface area contributed by atoms with Crippen molar-refractivity contribution in [3.05, 3.63) is 70.8 Å². The molecule has 2 aromatic carbocycles. The van der Waals surface area contributed by atoms with Crippen molar-refractivity contribution in [3.63, 3.8) is 0 Å². The quantitative estimate of drug-likeness (QED) is 0.323. The summed E-state index contributed by atoms with van der Waals surface area (Å²) < 4.78 is 43.3. The summed E-state index contributed by atoms with van der Waals surface area (Å²) in [4.78, 5) is 24.6. The van der Waals surface area contributed by atoms with Crippen LogP contribution in [-0.4, -0.2) is 44.4 Å². The summed E-state index contributed by atoms with van der Waals surface area (Å²) in [5.74, 6) is -4.13. The van der Waals surface area contributed by atoms with Gasteiger partial charge in [0.2, 0.25) is 0 Å². The first-order valence-electron chi connectivity index (χ1n) is 12.0. The van der Waals surface area contributed by atoms with Crippen LogP contribution in [0.25, 0.3) is 22.3 Å². The van der Waals surface area contributed by atoms with E-state index in [1.165, 1.54) is 0 Å². The molecule has 0 aliphatic carbocycles. The number of nitrogens with zero attached hydrogens (tertiary/aromatic N) is 5. The van der Waals surface area contributed by atoms with Crippen LogP contribution >= 0.6 is 0 Å². The minimum Gasteiger partial charge on any atom is -0.327 e. The number of carbonyl (C=O) groups excluding carboxylic acids is 1. The van der Waals surface area contributed by atoms with Crippen molar-refractivity contribution in [2.75, 3.05) is 0 Å². The summed E-state index contributed by atoms with van der Waals surface area (Å²) >= 11 is 0. The summed E-state index contributed by atoms with van der Waals surface area (Å²) in [6.07, 6.45) is 3.41. The van der Waals surface area contributed by atoms with E-state index in [4.69, 9.17) is 0 Å². The summed E-state index contributed by atoms with van der Waals surface area (Å²) in [7, 11) is 3.56. The predicted molar refractivity (Wildman–Crippen MR) is 133 cm³/mol. The second kappa shape index (κ2) is 9.07. The molecule has 3 heterocycles. The first-order valence-corrected chi connectivity index (χ1v) is 12.0. The Kier molecular flexibility index (Phi) is 6.06. The van der Waals surface area contributed by atoms with Gasteiger partial charge in [-0.05, 0) is 49.6 Å². The van der Waals surface area contributed by atoms with E-state index in [9.17, 15) is 18.0 Å². The zero-order chi connectivity index (χ0) is 25.7. The molecular formula is C26H25BF3N5O. The Morgan fingerprint density at radius 3 is 2.47 bits per heavy atom. The number of amides is 1. The molecule has 0 spiro atoms. The smallest absolute Gasteiger partial charge is 0.254 e. The molecule has 0 fully saturated rings.